The molecule has 4 nitrogen and oxygen atoms in total. The fourth-order valence-corrected chi connectivity index (χ4v) is 0.633. The summed E-state index contributed by atoms with van der Waals surface area (Å²) >= 11 is 0. The first kappa shape index (κ1) is 9.39. The fourth-order valence-electron chi connectivity index (χ4n) is 0.633. The molecule has 0 atom stereocenters. The molecule has 0 saturated carbocycles. The normalized spacial score (nSPS) is 8.90. The van der Waals surface area contributed by atoms with E-state index in [9.17, 15) is 0 Å². The number of rotatable bonds is 3. The number of hydrogen-bond donors (Lipinski definition) is 2. The number of nitrogens with two attached hydrogens (primary N) is 1. The summed E-state index contributed by atoms with van der Waals surface area (Å²) in [6, 6.07) is 0. The predicted molar refractivity (Wildman–Crippen MR) is 41.0 cm³/mol. The van der Waals surface area contributed by atoms with Crippen molar-refractivity contribution in [3.05, 3.63) is 11.9 Å². The van der Waals surface area contributed by atoms with Gasteiger partial charge in [0.2, 0.25) is 0 Å². The Morgan fingerprint density at radius 1 is 1.60 bits per heavy atom. The predicted octanol–water partition coefficient (Wildman–Crippen LogP) is 0.118. The van der Waals surface area contributed by atoms with E-state index in [0.717, 1.165) is 25.1 Å². The molecule has 58 valence electrons. The number of nitrogens with zero attached hydrogens (tertiary/aromatic N) is 2. The Hall–Kier alpha value is -0.610. The molecule has 5 heteroatoms. The average molecular weight is 163 g/mol. The first-order valence-electron chi connectivity index (χ1n) is 2.98. The second kappa shape index (κ2) is 5.20. The van der Waals surface area contributed by atoms with Crippen LogP contribution in [0, 0.1) is 0 Å². The van der Waals surface area contributed by atoms with Crippen LogP contribution in [-0.4, -0.2) is 22.0 Å². The van der Waals surface area contributed by atoms with Crippen LogP contribution in [0.15, 0.2) is 6.20 Å². The van der Waals surface area contributed by atoms with Gasteiger partial charge in [0, 0.05) is 0 Å². The second-order valence-electron chi connectivity index (χ2n) is 1.87. The SMILES string of the molecule is Cl.NCCCc1cnn[nH]1. The van der Waals surface area contributed by atoms with Gasteiger partial charge >= 0.3 is 0 Å². The van der Waals surface area contributed by atoms with E-state index < -0.39 is 0 Å². The smallest absolute Gasteiger partial charge is 0.0722 e. The van der Waals surface area contributed by atoms with Gasteiger partial charge in [-0.15, -0.1) is 17.5 Å². The Balaban J connectivity index is 0.000000810. The molecular weight excluding hydrogens is 152 g/mol. The Labute approximate surface area is 65.6 Å². The zero-order chi connectivity index (χ0) is 6.53. The van der Waals surface area contributed by atoms with E-state index in [2.05, 4.69) is 15.4 Å². The van der Waals surface area contributed by atoms with Gasteiger partial charge in [-0.2, -0.15) is 0 Å². The largest absolute Gasteiger partial charge is 0.330 e. The lowest BCUT2D eigenvalue weighted by Gasteiger charge is -1.89. The lowest BCUT2D eigenvalue weighted by atomic mass is 10.2. The fraction of sp³-hybridized carbons (Fsp3) is 0.600. The molecule has 0 aliphatic heterocycles. The minimum Gasteiger partial charge on any atom is -0.330 e. The summed E-state index contributed by atoms with van der Waals surface area (Å²) in [6.07, 6.45) is 3.66. The summed E-state index contributed by atoms with van der Waals surface area (Å²) in [4.78, 5) is 0. The lowest BCUT2D eigenvalue weighted by molar-refractivity contribution is 0.800. The maximum absolute atomic E-state index is 5.29. The van der Waals surface area contributed by atoms with Gasteiger partial charge in [0.15, 0.2) is 0 Å². The van der Waals surface area contributed by atoms with Crippen molar-refractivity contribution < 1.29 is 0 Å². The minimum absolute atomic E-state index is 0. The van der Waals surface area contributed by atoms with E-state index in [0.29, 0.717) is 0 Å². The Bertz CT molecular complexity index is 151. The molecule has 1 rings (SSSR count). The number of aromatic amines is 1. The number of aryl methyl sites for hydroxylation is 1. The van der Waals surface area contributed by atoms with Crippen molar-refractivity contribution in [1.82, 2.24) is 15.4 Å². The van der Waals surface area contributed by atoms with E-state index in [-0.39, 0.29) is 12.4 Å². The number of nitrogens with one attached hydrogen (secondary N) is 1. The second-order valence-corrected chi connectivity index (χ2v) is 1.87. The Kier molecular flexibility index (Phi) is 4.88. The first-order chi connectivity index (χ1) is 4.43. The Morgan fingerprint density at radius 2 is 2.40 bits per heavy atom. The third-order valence-corrected chi connectivity index (χ3v) is 1.12. The van der Waals surface area contributed by atoms with Gasteiger partial charge in [-0.3, -0.25) is 5.10 Å². The van der Waals surface area contributed by atoms with Crippen LogP contribution in [0.4, 0.5) is 0 Å². The molecule has 0 aliphatic carbocycles. The van der Waals surface area contributed by atoms with Gasteiger partial charge < -0.3 is 5.73 Å². The molecule has 0 radical (unpaired) electrons. The van der Waals surface area contributed by atoms with E-state index in [1.165, 1.54) is 0 Å². The molecule has 10 heavy (non-hydrogen) atoms. The summed E-state index contributed by atoms with van der Waals surface area (Å²) < 4.78 is 0. The molecule has 0 bridgehead atoms. The maximum Gasteiger partial charge on any atom is 0.0722 e. The van der Waals surface area contributed by atoms with E-state index in [1.54, 1.807) is 6.20 Å². The van der Waals surface area contributed by atoms with Crippen molar-refractivity contribution >= 4 is 12.4 Å². The molecule has 1 aromatic heterocycles. The van der Waals surface area contributed by atoms with Crippen molar-refractivity contribution in [3.8, 4) is 0 Å². The molecule has 0 unspecified atom stereocenters. The molecule has 0 spiro atoms. The topological polar surface area (TPSA) is 67.6 Å². The van der Waals surface area contributed by atoms with Gasteiger partial charge in [0.25, 0.3) is 0 Å². The van der Waals surface area contributed by atoms with E-state index in [4.69, 9.17) is 5.73 Å². The van der Waals surface area contributed by atoms with Crippen LogP contribution < -0.4 is 5.73 Å². The van der Waals surface area contributed by atoms with Crippen molar-refractivity contribution in [1.29, 1.82) is 0 Å². The number of halogens is 1. The zero-order valence-electron chi connectivity index (χ0n) is 5.58. The van der Waals surface area contributed by atoms with Crippen molar-refractivity contribution in [2.45, 2.75) is 12.8 Å². The summed E-state index contributed by atoms with van der Waals surface area (Å²) in [6.45, 7) is 0.721. The number of aromatic nitrogens is 3. The standard InChI is InChI=1S/C5H10N4.ClH/c6-3-1-2-5-4-7-9-8-5;/h4H,1-3,6H2,(H,7,8,9);1H. The lowest BCUT2D eigenvalue weighted by Crippen LogP contribution is -2.00. The third kappa shape index (κ3) is 2.80. The molecule has 0 aromatic carbocycles. The molecule has 0 amide bonds. The highest BCUT2D eigenvalue weighted by molar-refractivity contribution is 5.85. The highest BCUT2D eigenvalue weighted by Gasteiger charge is 1.90. The molecule has 0 aliphatic rings. The summed E-state index contributed by atoms with van der Waals surface area (Å²) in [5, 5.41) is 9.94. The van der Waals surface area contributed by atoms with Crippen LogP contribution in [0.1, 0.15) is 12.1 Å². The van der Waals surface area contributed by atoms with Gasteiger partial charge in [-0.1, -0.05) is 5.21 Å². The maximum atomic E-state index is 5.29. The van der Waals surface area contributed by atoms with Gasteiger partial charge in [0.05, 0.1) is 11.9 Å². The number of hydrogen-bond acceptors (Lipinski definition) is 3. The van der Waals surface area contributed by atoms with Crippen molar-refractivity contribution in [2.24, 2.45) is 5.73 Å². The molecule has 1 aromatic rings. The molecule has 0 saturated heterocycles. The van der Waals surface area contributed by atoms with Crippen LogP contribution in [0.2, 0.25) is 0 Å². The highest BCUT2D eigenvalue weighted by atomic mass is 35.5. The molecular formula is C5H11ClN4. The zero-order valence-corrected chi connectivity index (χ0v) is 6.40. The van der Waals surface area contributed by atoms with Crippen molar-refractivity contribution in [2.75, 3.05) is 6.54 Å². The van der Waals surface area contributed by atoms with Crippen LogP contribution in [-0.2, 0) is 6.42 Å². The highest BCUT2D eigenvalue weighted by Crippen LogP contribution is 1.92. The van der Waals surface area contributed by atoms with Gasteiger partial charge in [0.1, 0.15) is 0 Å². The summed E-state index contributed by atoms with van der Waals surface area (Å²) in [7, 11) is 0. The first-order valence-corrected chi connectivity index (χ1v) is 2.98. The van der Waals surface area contributed by atoms with Gasteiger partial charge in [-0.25, -0.2) is 0 Å². The molecule has 3 N–H and O–H groups in total. The van der Waals surface area contributed by atoms with E-state index in [1.807, 2.05) is 0 Å². The van der Waals surface area contributed by atoms with E-state index >= 15 is 0 Å². The van der Waals surface area contributed by atoms with Crippen LogP contribution in [0.5, 0.6) is 0 Å². The molecule has 0 fully saturated rings. The van der Waals surface area contributed by atoms with Gasteiger partial charge in [-0.05, 0) is 19.4 Å². The van der Waals surface area contributed by atoms with Crippen LogP contribution in [0.3, 0.4) is 0 Å². The molecule has 1 heterocycles. The number of H-pyrrole nitrogens is 1. The van der Waals surface area contributed by atoms with Crippen LogP contribution in [0.25, 0.3) is 0 Å². The van der Waals surface area contributed by atoms with Crippen LogP contribution >= 0.6 is 12.4 Å². The average Bonchev–Trinajstić information content (AvgIpc) is 2.34. The summed E-state index contributed by atoms with van der Waals surface area (Å²) in [5.41, 5.74) is 6.35. The summed E-state index contributed by atoms with van der Waals surface area (Å²) in [5.74, 6) is 0. The quantitative estimate of drug-likeness (QED) is 0.664. The minimum atomic E-state index is 0. The Morgan fingerprint density at radius 3 is 2.90 bits per heavy atom. The third-order valence-electron chi connectivity index (χ3n) is 1.12. The van der Waals surface area contributed by atoms with Crippen molar-refractivity contribution in [3.63, 3.8) is 0 Å². The monoisotopic (exact) mass is 162 g/mol.